The lowest BCUT2D eigenvalue weighted by Gasteiger charge is -2.22. The zero-order valence-corrected chi connectivity index (χ0v) is 17.8. The first-order chi connectivity index (χ1) is 14.3. The predicted molar refractivity (Wildman–Crippen MR) is 121 cm³/mol. The third kappa shape index (κ3) is 4.47. The van der Waals surface area contributed by atoms with Crippen molar-refractivity contribution in [2.45, 2.75) is 44.7 Å². The predicted octanol–water partition coefficient (Wildman–Crippen LogP) is 5.09. The first kappa shape index (κ1) is 19.0. The molecule has 1 saturated carbocycles. The summed E-state index contributed by atoms with van der Waals surface area (Å²) in [6, 6.07) is 14.2. The molecule has 2 unspecified atom stereocenters. The minimum atomic E-state index is 0.617. The van der Waals surface area contributed by atoms with E-state index < -0.39 is 0 Å². The lowest BCUT2D eigenvalue weighted by molar-refractivity contribution is 0.0662. The summed E-state index contributed by atoms with van der Waals surface area (Å²) in [7, 11) is 0. The van der Waals surface area contributed by atoms with Crippen molar-refractivity contribution in [3.05, 3.63) is 58.6 Å². The molecule has 2 aliphatic rings. The molecule has 3 aromatic rings. The van der Waals surface area contributed by atoms with Crippen LogP contribution in [0, 0.1) is 12.8 Å². The van der Waals surface area contributed by atoms with Gasteiger partial charge in [-0.05, 0) is 66.6 Å². The fourth-order valence-corrected chi connectivity index (χ4v) is 5.12. The zero-order valence-electron chi connectivity index (χ0n) is 17.0. The fourth-order valence-electron chi connectivity index (χ4n) is 4.46. The normalized spacial score (nSPS) is 22.1. The van der Waals surface area contributed by atoms with E-state index in [1.807, 2.05) is 6.20 Å². The van der Waals surface area contributed by atoms with Crippen LogP contribution in [0.5, 0.6) is 0 Å². The number of rotatable bonds is 7. The fraction of sp³-hybridized carbons (Fsp3) is 0.458. The molecule has 1 aliphatic carbocycles. The van der Waals surface area contributed by atoms with E-state index in [4.69, 9.17) is 4.74 Å². The van der Waals surface area contributed by atoms with Crippen LogP contribution in [0.4, 0.5) is 5.13 Å². The summed E-state index contributed by atoms with van der Waals surface area (Å²) in [4.78, 5) is 5.67. The lowest BCUT2D eigenvalue weighted by Crippen LogP contribution is -2.29. The number of ether oxygens (including phenoxy) is 1. The molecule has 0 spiro atoms. The Morgan fingerprint density at radius 2 is 2.03 bits per heavy atom. The molecule has 4 nitrogen and oxygen atoms in total. The quantitative estimate of drug-likeness (QED) is 0.573. The Balaban J connectivity index is 1.30. The molecule has 5 heteroatoms. The third-order valence-electron chi connectivity index (χ3n) is 6.22. The van der Waals surface area contributed by atoms with Crippen LogP contribution in [0.3, 0.4) is 0 Å². The molecule has 2 atom stereocenters. The largest absolute Gasteiger partial charge is 0.381 e. The number of fused-ring (bicyclic) bond motifs is 1. The van der Waals surface area contributed by atoms with E-state index in [2.05, 4.69) is 58.9 Å². The Morgan fingerprint density at radius 3 is 2.86 bits per heavy atom. The van der Waals surface area contributed by atoms with Crippen LogP contribution in [0.15, 0.2) is 42.6 Å². The molecule has 1 aliphatic heterocycles. The van der Waals surface area contributed by atoms with E-state index >= 15 is 0 Å². The first-order valence-electron chi connectivity index (χ1n) is 10.8. The highest BCUT2D eigenvalue weighted by molar-refractivity contribution is 7.15. The smallest absolute Gasteiger partial charge is 0.183 e. The average Bonchev–Trinajstić information content (AvgIpc) is 3.42. The van der Waals surface area contributed by atoms with E-state index in [-0.39, 0.29) is 0 Å². The Morgan fingerprint density at radius 1 is 1.17 bits per heavy atom. The molecule has 0 bridgehead atoms. The molecule has 1 aromatic heterocycles. The highest BCUT2D eigenvalue weighted by Crippen LogP contribution is 2.44. The van der Waals surface area contributed by atoms with E-state index in [1.165, 1.54) is 46.0 Å². The van der Waals surface area contributed by atoms with Crippen LogP contribution in [0.2, 0.25) is 0 Å². The van der Waals surface area contributed by atoms with E-state index in [0.29, 0.717) is 12.0 Å². The molecule has 2 heterocycles. The highest BCUT2D eigenvalue weighted by atomic mass is 32.1. The second kappa shape index (κ2) is 8.42. The molecular formula is C24H29N3OS. The Hall–Kier alpha value is -1.95. The molecule has 152 valence electrons. The summed E-state index contributed by atoms with van der Waals surface area (Å²) in [5.74, 6) is 1.40. The zero-order chi connectivity index (χ0) is 19.6. The van der Waals surface area contributed by atoms with E-state index in [0.717, 1.165) is 37.4 Å². The van der Waals surface area contributed by atoms with Crippen LogP contribution >= 0.6 is 11.3 Å². The number of aryl methyl sites for hydroxylation is 1. The van der Waals surface area contributed by atoms with Gasteiger partial charge >= 0.3 is 0 Å². The summed E-state index contributed by atoms with van der Waals surface area (Å²) >= 11 is 1.71. The van der Waals surface area contributed by atoms with Gasteiger partial charge < -0.3 is 15.4 Å². The molecule has 0 amide bonds. The maximum atomic E-state index is 5.49. The van der Waals surface area contributed by atoms with Gasteiger partial charge in [0.1, 0.15) is 0 Å². The third-order valence-corrected chi connectivity index (χ3v) is 7.09. The van der Waals surface area contributed by atoms with Gasteiger partial charge in [-0.25, -0.2) is 4.98 Å². The minimum Gasteiger partial charge on any atom is -0.381 e. The Kier molecular flexibility index (Phi) is 5.53. The average molecular weight is 408 g/mol. The number of benzene rings is 2. The second-order valence-electron chi connectivity index (χ2n) is 8.45. The van der Waals surface area contributed by atoms with Crippen LogP contribution in [0.25, 0.3) is 10.8 Å². The molecule has 5 rings (SSSR count). The SMILES string of the molecule is Cc1cnc(NCc2cc(C3CC3NCC3CCOCC3)c3ccccc3c2)s1. The van der Waals surface area contributed by atoms with Crippen molar-refractivity contribution in [1.29, 1.82) is 0 Å². The van der Waals surface area contributed by atoms with Crippen molar-refractivity contribution in [2.24, 2.45) is 5.92 Å². The topological polar surface area (TPSA) is 46.2 Å². The standard InChI is InChI=1S/C24H29N3OS/c1-16-13-26-24(29-16)27-15-18-10-19-4-2-3-5-20(19)21(11-18)22-12-23(22)25-14-17-6-8-28-9-7-17/h2-5,10-11,13,17,22-23,25H,6-9,12,14-15H2,1H3,(H,26,27). The number of hydrogen-bond donors (Lipinski definition) is 2. The van der Waals surface area contributed by atoms with Crippen molar-refractivity contribution in [1.82, 2.24) is 10.3 Å². The number of thiazole rings is 1. The molecule has 2 fully saturated rings. The summed E-state index contributed by atoms with van der Waals surface area (Å²) in [5, 5.41) is 11.1. The number of nitrogens with one attached hydrogen (secondary N) is 2. The summed E-state index contributed by atoms with van der Waals surface area (Å²) < 4.78 is 5.49. The maximum absolute atomic E-state index is 5.49. The molecule has 0 radical (unpaired) electrons. The van der Waals surface area contributed by atoms with Gasteiger partial charge in [0.2, 0.25) is 0 Å². The van der Waals surface area contributed by atoms with Crippen LogP contribution in [-0.2, 0) is 11.3 Å². The summed E-state index contributed by atoms with van der Waals surface area (Å²) in [5.41, 5.74) is 2.83. The Bertz CT molecular complexity index is 979. The Labute approximate surface area is 176 Å². The molecule has 1 saturated heterocycles. The van der Waals surface area contributed by atoms with E-state index in [1.54, 1.807) is 11.3 Å². The number of nitrogens with zero attached hydrogens (tertiary/aromatic N) is 1. The lowest BCUT2D eigenvalue weighted by atomic mass is 9.97. The van der Waals surface area contributed by atoms with Gasteiger partial charge in [-0.2, -0.15) is 0 Å². The van der Waals surface area contributed by atoms with Gasteiger partial charge in [0.15, 0.2) is 5.13 Å². The van der Waals surface area contributed by atoms with Gasteiger partial charge in [-0.15, -0.1) is 11.3 Å². The maximum Gasteiger partial charge on any atom is 0.183 e. The molecular weight excluding hydrogens is 378 g/mol. The van der Waals surface area contributed by atoms with Gasteiger partial charge in [-0.1, -0.05) is 30.3 Å². The van der Waals surface area contributed by atoms with Gasteiger partial charge in [0.05, 0.1) is 0 Å². The molecule has 29 heavy (non-hydrogen) atoms. The first-order valence-corrected chi connectivity index (χ1v) is 11.6. The van der Waals surface area contributed by atoms with Crippen LogP contribution in [0.1, 0.15) is 41.2 Å². The second-order valence-corrected chi connectivity index (χ2v) is 9.68. The van der Waals surface area contributed by atoms with E-state index in [9.17, 15) is 0 Å². The number of anilines is 1. The number of hydrogen-bond acceptors (Lipinski definition) is 5. The minimum absolute atomic E-state index is 0.617. The molecule has 2 aromatic carbocycles. The summed E-state index contributed by atoms with van der Waals surface area (Å²) in [6.07, 6.45) is 5.57. The van der Waals surface area contributed by atoms with Gasteiger partial charge in [0.25, 0.3) is 0 Å². The van der Waals surface area contributed by atoms with Gasteiger partial charge in [0, 0.05) is 42.8 Å². The number of aromatic nitrogens is 1. The van der Waals surface area contributed by atoms with Crippen molar-refractivity contribution < 1.29 is 4.74 Å². The highest BCUT2D eigenvalue weighted by Gasteiger charge is 2.39. The van der Waals surface area contributed by atoms with Crippen molar-refractivity contribution >= 4 is 27.2 Å². The van der Waals surface area contributed by atoms with Crippen LogP contribution in [-0.4, -0.2) is 30.8 Å². The van der Waals surface area contributed by atoms with Crippen molar-refractivity contribution in [3.63, 3.8) is 0 Å². The monoisotopic (exact) mass is 407 g/mol. The van der Waals surface area contributed by atoms with Crippen molar-refractivity contribution in [3.8, 4) is 0 Å². The van der Waals surface area contributed by atoms with Crippen molar-refractivity contribution in [2.75, 3.05) is 25.1 Å². The molecule has 2 N–H and O–H groups in total. The van der Waals surface area contributed by atoms with Crippen LogP contribution < -0.4 is 10.6 Å². The summed E-state index contributed by atoms with van der Waals surface area (Å²) in [6.45, 7) is 5.90. The van der Waals surface area contributed by atoms with Gasteiger partial charge in [-0.3, -0.25) is 0 Å².